The summed E-state index contributed by atoms with van der Waals surface area (Å²) in [4.78, 5) is 39.6. The zero-order chi connectivity index (χ0) is 45.5. The second-order valence-corrected chi connectivity index (χ2v) is 17.9. The van der Waals surface area contributed by atoms with Gasteiger partial charge >= 0.3 is 17.9 Å². The van der Waals surface area contributed by atoms with Gasteiger partial charge in [0.2, 0.25) is 0 Å². The van der Waals surface area contributed by atoms with Crippen molar-refractivity contribution in [2.75, 3.05) is 19.8 Å². The third-order valence-corrected chi connectivity index (χ3v) is 11.9. The first kappa shape index (κ1) is 57.9. The van der Waals surface area contributed by atoms with E-state index in [1.807, 2.05) is 0 Å². The van der Waals surface area contributed by atoms with E-state index in [0.717, 1.165) is 19.3 Å². The minimum atomic E-state index is -0.647. The Bertz CT molecular complexity index is 1310. The smallest absolute Gasteiger partial charge is 0.339 e. The van der Waals surface area contributed by atoms with Crippen LogP contribution in [-0.4, -0.2) is 37.7 Å². The van der Waals surface area contributed by atoms with E-state index in [-0.39, 0.29) is 36.5 Å². The first-order valence-corrected chi connectivity index (χ1v) is 26.6. The summed E-state index contributed by atoms with van der Waals surface area (Å²) >= 11 is 0. The minimum Gasteiger partial charge on any atom is -0.462 e. The number of unbranched alkanes of at least 4 members (excludes halogenated alkanes) is 30. The Hall–Kier alpha value is -3.15. The molecule has 6 heteroatoms. The molecule has 0 bridgehead atoms. The molecule has 360 valence electrons. The molecule has 0 aliphatic heterocycles. The molecule has 0 N–H and O–H groups in total. The maximum Gasteiger partial charge on any atom is 0.339 e. The fraction of sp³-hybridized carbons (Fsp3) is 0.737. The average molecular weight is 877 g/mol. The van der Waals surface area contributed by atoms with E-state index in [9.17, 15) is 14.4 Å². The predicted octanol–water partition coefficient (Wildman–Crippen LogP) is 17.9. The first-order valence-electron chi connectivity index (χ1n) is 26.6. The highest BCUT2D eigenvalue weighted by Crippen LogP contribution is 2.18. The molecule has 0 atom stereocenters. The second-order valence-electron chi connectivity index (χ2n) is 17.9. The molecular formula is C57H96O6. The van der Waals surface area contributed by atoms with Crippen LogP contribution in [0.5, 0.6) is 0 Å². The molecule has 6 nitrogen and oxygen atoms in total. The molecule has 1 aromatic carbocycles. The van der Waals surface area contributed by atoms with Gasteiger partial charge in [-0.3, -0.25) is 0 Å². The first-order chi connectivity index (χ1) is 31.0. The standard InChI is InChI=1S/C57H96O6/c1-4-7-10-13-16-19-22-25-28-31-34-37-40-43-48-61-55(58)52-46-47-53(56(59)62-49-44-41-38-35-32-29-26-23-20-17-14-11-8-5-2)54(51-52)57(60)63-50-45-42-39-36-33-30-27-24-21-18-15-12-9-6-3/h37-42,46-47,51H,4-36,43-45,48-50H2,1-3H3/b40-37+,41-38+,42-39+. The van der Waals surface area contributed by atoms with Gasteiger partial charge in [0.05, 0.1) is 36.5 Å². The van der Waals surface area contributed by atoms with Crippen LogP contribution in [0.4, 0.5) is 0 Å². The lowest BCUT2D eigenvalue weighted by molar-refractivity contribution is 0.0461. The minimum absolute atomic E-state index is 0.0247. The number of allylic oxidation sites excluding steroid dienone is 3. The zero-order valence-electron chi connectivity index (χ0n) is 41.2. The van der Waals surface area contributed by atoms with Gasteiger partial charge < -0.3 is 14.2 Å². The van der Waals surface area contributed by atoms with Crippen LogP contribution in [0.25, 0.3) is 0 Å². The van der Waals surface area contributed by atoms with Crippen LogP contribution in [0.2, 0.25) is 0 Å². The maximum absolute atomic E-state index is 13.4. The Balaban J connectivity index is 2.55. The Labute approximate surface area is 388 Å². The van der Waals surface area contributed by atoms with Crippen molar-refractivity contribution in [3.8, 4) is 0 Å². The van der Waals surface area contributed by atoms with Gasteiger partial charge in [0.15, 0.2) is 0 Å². The normalized spacial score (nSPS) is 11.7. The molecule has 1 aromatic rings. The molecule has 63 heavy (non-hydrogen) atoms. The lowest BCUT2D eigenvalue weighted by Crippen LogP contribution is -2.17. The quantitative estimate of drug-likeness (QED) is 0.0281. The van der Waals surface area contributed by atoms with Crippen molar-refractivity contribution in [3.63, 3.8) is 0 Å². The molecule has 0 amide bonds. The molecule has 0 radical (unpaired) electrons. The van der Waals surface area contributed by atoms with Gasteiger partial charge in [0.1, 0.15) is 0 Å². The Morgan fingerprint density at radius 3 is 0.937 bits per heavy atom. The number of benzene rings is 1. The van der Waals surface area contributed by atoms with Gasteiger partial charge in [-0.1, -0.05) is 231 Å². The van der Waals surface area contributed by atoms with E-state index in [0.29, 0.717) is 19.3 Å². The molecular weight excluding hydrogens is 781 g/mol. The Morgan fingerprint density at radius 1 is 0.333 bits per heavy atom. The van der Waals surface area contributed by atoms with Crippen LogP contribution in [-0.2, 0) is 14.2 Å². The highest BCUT2D eigenvalue weighted by Gasteiger charge is 2.22. The van der Waals surface area contributed by atoms with Crippen molar-refractivity contribution in [1.82, 2.24) is 0 Å². The molecule has 0 aliphatic carbocycles. The number of carbonyl (C=O) groups excluding carboxylic acids is 3. The van der Waals surface area contributed by atoms with Crippen molar-refractivity contribution in [3.05, 3.63) is 71.3 Å². The third kappa shape index (κ3) is 35.8. The van der Waals surface area contributed by atoms with Gasteiger partial charge in [-0.2, -0.15) is 0 Å². The molecule has 0 saturated carbocycles. The van der Waals surface area contributed by atoms with Crippen LogP contribution in [0.3, 0.4) is 0 Å². The number of carbonyl (C=O) groups is 3. The van der Waals surface area contributed by atoms with Crippen LogP contribution in [0.1, 0.15) is 283 Å². The molecule has 0 heterocycles. The van der Waals surface area contributed by atoms with Crippen LogP contribution in [0.15, 0.2) is 54.7 Å². The van der Waals surface area contributed by atoms with Crippen molar-refractivity contribution >= 4 is 17.9 Å². The van der Waals surface area contributed by atoms with Gasteiger partial charge in [0, 0.05) is 0 Å². The molecule has 0 unspecified atom stereocenters. The monoisotopic (exact) mass is 877 g/mol. The highest BCUT2D eigenvalue weighted by molar-refractivity contribution is 6.05. The summed E-state index contributed by atoms with van der Waals surface area (Å²) in [5.41, 5.74) is 0.327. The Kier molecular flexibility index (Phi) is 41.7. The fourth-order valence-electron chi connectivity index (χ4n) is 7.87. The predicted molar refractivity (Wildman–Crippen MR) is 268 cm³/mol. The van der Waals surface area contributed by atoms with Crippen molar-refractivity contribution < 1.29 is 28.6 Å². The SMILES string of the molecule is CCCCCCCCCCCC/C=C/CCOC(=O)c1ccc(C(=O)OCC/C=C/CCCCCCCCCCCC)c(C(=O)OCC/C=C/CCCCCCCCCCCC)c1. The van der Waals surface area contributed by atoms with E-state index in [2.05, 4.69) is 57.2 Å². The third-order valence-electron chi connectivity index (χ3n) is 11.9. The van der Waals surface area contributed by atoms with E-state index >= 15 is 0 Å². The molecule has 0 aliphatic rings. The summed E-state index contributed by atoms with van der Waals surface area (Å²) in [6, 6.07) is 4.42. The lowest BCUT2D eigenvalue weighted by Gasteiger charge is -2.11. The summed E-state index contributed by atoms with van der Waals surface area (Å²) in [6.07, 6.45) is 57.2. The van der Waals surface area contributed by atoms with Gasteiger partial charge in [-0.15, -0.1) is 0 Å². The van der Waals surface area contributed by atoms with Crippen LogP contribution >= 0.6 is 0 Å². The number of hydrogen-bond acceptors (Lipinski definition) is 6. The lowest BCUT2D eigenvalue weighted by atomic mass is 10.0. The Morgan fingerprint density at radius 2 is 0.603 bits per heavy atom. The largest absolute Gasteiger partial charge is 0.462 e. The molecule has 0 fully saturated rings. The molecule has 0 saturated heterocycles. The highest BCUT2D eigenvalue weighted by atomic mass is 16.5. The molecule has 1 rings (SSSR count). The van der Waals surface area contributed by atoms with Crippen molar-refractivity contribution in [1.29, 1.82) is 0 Å². The average Bonchev–Trinajstić information content (AvgIpc) is 3.29. The number of esters is 3. The van der Waals surface area contributed by atoms with Gasteiger partial charge in [-0.25, -0.2) is 14.4 Å². The van der Waals surface area contributed by atoms with Crippen LogP contribution < -0.4 is 0 Å². The van der Waals surface area contributed by atoms with E-state index < -0.39 is 17.9 Å². The summed E-state index contributed by atoms with van der Waals surface area (Å²) in [5, 5.41) is 0. The zero-order valence-corrected chi connectivity index (χ0v) is 41.2. The van der Waals surface area contributed by atoms with E-state index in [1.54, 1.807) is 0 Å². The summed E-state index contributed by atoms with van der Waals surface area (Å²) in [6.45, 7) is 7.43. The van der Waals surface area contributed by atoms with Crippen molar-refractivity contribution in [2.45, 2.75) is 252 Å². The number of rotatable bonds is 45. The molecule has 0 spiro atoms. The van der Waals surface area contributed by atoms with E-state index in [4.69, 9.17) is 14.2 Å². The number of ether oxygens (including phenoxy) is 3. The summed E-state index contributed by atoms with van der Waals surface area (Å²) < 4.78 is 16.7. The maximum atomic E-state index is 13.4. The van der Waals surface area contributed by atoms with Crippen molar-refractivity contribution in [2.24, 2.45) is 0 Å². The number of hydrogen-bond donors (Lipinski definition) is 0. The van der Waals surface area contributed by atoms with Crippen LogP contribution in [0, 0.1) is 0 Å². The summed E-state index contributed by atoms with van der Waals surface area (Å²) in [5.74, 6) is -1.78. The topological polar surface area (TPSA) is 78.9 Å². The van der Waals surface area contributed by atoms with E-state index in [1.165, 1.54) is 211 Å². The van der Waals surface area contributed by atoms with Gasteiger partial charge in [0.25, 0.3) is 0 Å². The summed E-state index contributed by atoms with van der Waals surface area (Å²) in [7, 11) is 0. The molecule has 0 aromatic heterocycles. The fourth-order valence-corrected chi connectivity index (χ4v) is 7.87. The second kappa shape index (κ2) is 45.4. The van der Waals surface area contributed by atoms with Gasteiger partial charge in [-0.05, 0) is 76.0 Å².